The van der Waals surface area contributed by atoms with Gasteiger partial charge in [-0.2, -0.15) is 0 Å². The minimum atomic E-state index is -3.02. The lowest BCUT2D eigenvalue weighted by atomic mass is 9.82. The van der Waals surface area contributed by atoms with Crippen molar-refractivity contribution in [2.45, 2.75) is 108 Å². The summed E-state index contributed by atoms with van der Waals surface area (Å²) in [6.07, 6.45) is 11.3. The molecule has 0 radical (unpaired) electrons. The highest BCUT2D eigenvalue weighted by atomic mass is 16.5. The summed E-state index contributed by atoms with van der Waals surface area (Å²) in [5.41, 5.74) is -0.719. The van der Waals surface area contributed by atoms with Gasteiger partial charge in [0.25, 0.3) is 0 Å². The number of hydrogen-bond donors (Lipinski definition) is 5. The fourth-order valence-electron chi connectivity index (χ4n) is 5.57. The van der Waals surface area contributed by atoms with Crippen LogP contribution in [0.5, 0.6) is 5.75 Å². The van der Waals surface area contributed by atoms with Crippen LogP contribution in [0.3, 0.4) is 0 Å². The first-order valence-electron chi connectivity index (χ1n) is 17.0. The zero-order valence-electron chi connectivity index (χ0n) is 28.6. The minimum absolute atomic E-state index is 0.151. The smallest absolute Gasteiger partial charge is 0.337 e. The van der Waals surface area contributed by atoms with Crippen molar-refractivity contribution in [3.63, 3.8) is 0 Å². The molecule has 3 atom stereocenters. The Kier molecular flexibility index (Phi) is 17.8. The number of benzene rings is 2. The first kappa shape index (κ1) is 40.7. The monoisotopic (exact) mass is 681 g/mol. The van der Waals surface area contributed by atoms with E-state index in [1.165, 1.54) is 12.5 Å². The number of nitrogens with one attached hydrogen (secondary N) is 1. The Morgan fingerprint density at radius 2 is 1.47 bits per heavy atom. The van der Waals surface area contributed by atoms with Crippen LogP contribution in [0.4, 0.5) is 0 Å². The minimum Gasteiger partial charge on any atom is -0.497 e. The molecular weight excluding hydrogens is 630 g/mol. The Balaban J connectivity index is 2.04. The molecule has 0 aromatic heterocycles. The van der Waals surface area contributed by atoms with Gasteiger partial charge in [0.2, 0.25) is 5.91 Å². The van der Waals surface area contributed by atoms with E-state index in [0.29, 0.717) is 37.0 Å². The van der Waals surface area contributed by atoms with Crippen molar-refractivity contribution < 1.29 is 49.1 Å². The topological polar surface area (TPSA) is 188 Å². The third-order valence-electron chi connectivity index (χ3n) is 8.46. The van der Waals surface area contributed by atoms with Crippen LogP contribution in [0.15, 0.2) is 60.7 Å². The average Bonchev–Trinajstić information content (AvgIpc) is 3.06. The molecule has 1 amide bonds. The first-order valence-corrected chi connectivity index (χ1v) is 17.0. The number of rotatable bonds is 25. The van der Waals surface area contributed by atoms with Gasteiger partial charge in [-0.15, -0.1) is 0 Å². The van der Waals surface area contributed by atoms with Crippen molar-refractivity contribution in [3.05, 3.63) is 66.2 Å². The number of carboxylic acids is 3. The number of carbonyl (C=O) groups excluding carboxylic acids is 2. The first-order chi connectivity index (χ1) is 23.4. The van der Waals surface area contributed by atoms with E-state index in [9.17, 15) is 44.4 Å². The maximum absolute atomic E-state index is 13.4. The van der Waals surface area contributed by atoms with Gasteiger partial charge in [-0.3, -0.25) is 14.4 Å². The van der Waals surface area contributed by atoms with Crippen molar-refractivity contribution in [2.75, 3.05) is 7.11 Å². The highest BCUT2D eigenvalue weighted by Gasteiger charge is 2.49. The second kappa shape index (κ2) is 21.5. The molecule has 0 aliphatic rings. The maximum Gasteiger partial charge on any atom is 0.337 e. The fourth-order valence-corrected chi connectivity index (χ4v) is 5.57. The van der Waals surface area contributed by atoms with Crippen LogP contribution in [0.2, 0.25) is 0 Å². The van der Waals surface area contributed by atoms with Crippen molar-refractivity contribution in [1.29, 1.82) is 0 Å². The van der Waals surface area contributed by atoms with E-state index in [-0.39, 0.29) is 12.2 Å². The normalized spacial score (nSPS) is 13.7. The average molecular weight is 682 g/mol. The second-order valence-electron chi connectivity index (χ2n) is 12.4. The lowest BCUT2D eigenvalue weighted by Gasteiger charge is -2.29. The number of ether oxygens (including phenoxy) is 1. The van der Waals surface area contributed by atoms with Gasteiger partial charge < -0.3 is 30.5 Å². The number of amides is 1. The molecule has 49 heavy (non-hydrogen) atoms. The van der Waals surface area contributed by atoms with Crippen LogP contribution >= 0.6 is 0 Å². The number of hydrogen-bond acceptors (Lipinski definition) is 7. The maximum atomic E-state index is 13.4. The molecule has 268 valence electrons. The Bertz CT molecular complexity index is 1400. The highest BCUT2D eigenvalue weighted by Crippen LogP contribution is 2.27. The van der Waals surface area contributed by atoms with E-state index in [4.69, 9.17) is 4.74 Å². The summed E-state index contributed by atoms with van der Waals surface area (Å²) in [6.45, 7) is 2.15. The number of allylic oxidation sites excluding steroid dienone is 1. The fraction of sp³-hybridized carbons (Fsp3) is 0.500. The highest BCUT2D eigenvalue weighted by molar-refractivity contribution is 5.94. The summed E-state index contributed by atoms with van der Waals surface area (Å²) in [6, 6.07) is 12.9. The third-order valence-corrected chi connectivity index (χ3v) is 8.46. The molecule has 0 heterocycles. The SMILES string of the molecule is CCCCCCCC(=O)CCCCCC/C=C/[C@@H](C(=O)N[C@@H](Cc1ccc(-c2cccc(OC)c2)cc1)C(=O)O)[C@@](O)(CC(=O)O)C(=O)O. The lowest BCUT2D eigenvalue weighted by Crippen LogP contribution is -2.55. The molecule has 0 saturated carbocycles. The molecule has 5 N–H and O–H groups in total. The summed E-state index contributed by atoms with van der Waals surface area (Å²) in [4.78, 5) is 61.2. The van der Waals surface area contributed by atoms with Crippen LogP contribution < -0.4 is 10.1 Å². The van der Waals surface area contributed by atoms with Crippen LogP contribution in [0.1, 0.15) is 96.0 Å². The number of ketones is 1. The van der Waals surface area contributed by atoms with Gasteiger partial charge in [0.15, 0.2) is 5.60 Å². The van der Waals surface area contributed by atoms with Gasteiger partial charge in [0.1, 0.15) is 17.6 Å². The molecule has 2 rings (SSSR count). The molecule has 0 spiro atoms. The van der Waals surface area contributed by atoms with Gasteiger partial charge in [0.05, 0.1) is 19.4 Å². The quantitative estimate of drug-likeness (QED) is 0.0596. The Morgan fingerprint density at radius 1 is 0.837 bits per heavy atom. The van der Waals surface area contributed by atoms with Gasteiger partial charge in [-0.25, -0.2) is 9.59 Å². The molecule has 0 aliphatic carbocycles. The molecule has 0 saturated heterocycles. The number of aliphatic carboxylic acids is 3. The Labute approximate surface area is 288 Å². The molecule has 0 fully saturated rings. The van der Waals surface area contributed by atoms with E-state index in [1.807, 2.05) is 24.3 Å². The number of unbranched alkanes of at least 4 members (excludes halogenated alkanes) is 8. The molecule has 2 aromatic carbocycles. The zero-order chi connectivity index (χ0) is 36.2. The molecule has 11 nitrogen and oxygen atoms in total. The van der Waals surface area contributed by atoms with Crippen LogP contribution in [-0.4, -0.2) is 68.8 Å². The second-order valence-corrected chi connectivity index (χ2v) is 12.4. The molecular formula is C38H51NO10. The number of Topliss-reactive ketones (excluding diaryl/α,β-unsaturated/α-hetero) is 1. The van der Waals surface area contributed by atoms with Gasteiger partial charge in [-0.05, 0) is 54.5 Å². The van der Waals surface area contributed by atoms with Gasteiger partial charge in [0, 0.05) is 19.3 Å². The van der Waals surface area contributed by atoms with E-state index in [2.05, 4.69) is 12.2 Å². The molecule has 0 unspecified atom stereocenters. The molecule has 0 bridgehead atoms. The largest absolute Gasteiger partial charge is 0.497 e. The molecule has 11 heteroatoms. The van der Waals surface area contributed by atoms with E-state index in [0.717, 1.165) is 62.1 Å². The number of carbonyl (C=O) groups is 5. The predicted octanol–water partition coefficient (Wildman–Crippen LogP) is 6.21. The van der Waals surface area contributed by atoms with E-state index in [1.54, 1.807) is 31.4 Å². The number of aliphatic hydroxyl groups is 1. The summed E-state index contributed by atoms with van der Waals surface area (Å²) in [7, 11) is 1.56. The van der Waals surface area contributed by atoms with Crippen molar-refractivity contribution in [2.24, 2.45) is 5.92 Å². The predicted molar refractivity (Wildman–Crippen MR) is 185 cm³/mol. The molecule has 0 aliphatic heterocycles. The van der Waals surface area contributed by atoms with Crippen LogP contribution in [0, 0.1) is 5.92 Å². The van der Waals surface area contributed by atoms with Gasteiger partial charge in [-0.1, -0.05) is 94.0 Å². The van der Waals surface area contributed by atoms with E-state index >= 15 is 0 Å². The summed E-state index contributed by atoms with van der Waals surface area (Å²) in [5.74, 6) is -7.02. The van der Waals surface area contributed by atoms with Crippen LogP contribution in [0.25, 0.3) is 11.1 Å². The van der Waals surface area contributed by atoms with Crippen molar-refractivity contribution in [3.8, 4) is 16.9 Å². The lowest BCUT2D eigenvalue weighted by molar-refractivity contribution is -0.172. The molecule has 2 aromatic rings. The zero-order valence-corrected chi connectivity index (χ0v) is 28.6. The Hall–Kier alpha value is -4.51. The summed E-state index contributed by atoms with van der Waals surface area (Å²) >= 11 is 0. The van der Waals surface area contributed by atoms with Crippen molar-refractivity contribution in [1.82, 2.24) is 5.32 Å². The van der Waals surface area contributed by atoms with Gasteiger partial charge >= 0.3 is 17.9 Å². The van der Waals surface area contributed by atoms with E-state index < -0.39 is 47.8 Å². The Morgan fingerprint density at radius 3 is 2.04 bits per heavy atom. The number of carboxylic acid groups (broad SMARTS) is 3. The summed E-state index contributed by atoms with van der Waals surface area (Å²) in [5, 5.41) is 42.3. The number of methoxy groups -OCH3 is 1. The standard InChI is InChI=1S/C38H51NO10/c1-3-4-5-8-11-16-30(40)17-12-9-6-7-10-13-19-32(38(48,37(46)47)26-34(41)42)35(43)39-33(36(44)45)24-27-20-22-28(23-21-27)29-15-14-18-31(25-29)49-2/h13-15,18-23,25,32-33,48H,3-12,16-17,24,26H2,1-2H3,(H,39,43)(H,41,42)(H,44,45)(H,46,47)/b19-13+/t32-,33-,38-/m0/s1. The summed E-state index contributed by atoms with van der Waals surface area (Å²) < 4.78 is 5.26. The van der Waals surface area contributed by atoms with Crippen molar-refractivity contribution >= 4 is 29.6 Å². The van der Waals surface area contributed by atoms with Crippen LogP contribution in [-0.2, 0) is 30.4 Å². The third kappa shape index (κ3) is 14.2.